The Kier molecular flexibility index (Phi) is 2.28. The quantitative estimate of drug-likeness (QED) is 0.720. The first-order valence-electron chi connectivity index (χ1n) is 4.67. The summed E-state index contributed by atoms with van der Waals surface area (Å²) in [5.41, 5.74) is -0.486. The Morgan fingerprint density at radius 3 is 2.69 bits per heavy atom. The average Bonchev–Trinajstić information content (AvgIpc) is 2.30. The van der Waals surface area contributed by atoms with Gasteiger partial charge < -0.3 is 5.11 Å². The Labute approximate surface area is 82.5 Å². The van der Waals surface area contributed by atoms with Crippen molar-refractivity contribution in [3.8, 4) is 0 Å². The molecule has 0 aromatic rings. The summed E-state index contributed by atoms with van der Waals surface area (Å²) in [5.74, 6) is 1.74. The molecule has 4 heteroatoms. The van der Waals surface area contributed by atoms with Gasteiger partial charge in [-0.2, -0.15) is 11.8 Å². The molecule has 1 unspecified atom stereocenters. The van der Waals surface area contributed by atoms with Crippen molar-refractivity contribution in [2.75, 3.05) is 24.6 Å². The van der Waals surface area contributed by atoms with Gasteiger partial charge in [-0.1, -0.05) is 0 Å². The van der Waals surface area contributed by atoms with Crippen LogP contribution in [0.4, 0.5) is 0 Å². The number of hydrogen-bond acceptors (Lipinski definition) is 3. The van der Waals surface area contributed by atoms with Crippen molar-refractivity contribution in [2.24, 2.45) is 5.41 Å². The maximum atomic E-state index is 11.0. The molecule has 2 saturated heterocycles. The predicted octanol–water partition coefficient (Wildman–Crippen LogP) is 0.898. The number of hydrogen-bond donors (Lipinski definition) is 1. The van der Waals surface area contributed by atoms with Gasteiger partial charge in [0, 0.05) is 24.1 Å². The third-order valence-corrected chi connectivity index (χ3v) is 4.40. The molecule has 2 aliphatic heterocycles. The SMILES string of the molecule is CC1(C(=O)O)CCN(C2CSC2)C1. The lowest BCUT2D eigenvalue weighted by Crippen LogP contribution is -2.44. The molecule has 2 aliphatic rings. The van der Waals surface area contributed by atoms with Gasteiger partial charge in [-0.15, -0.1) is 0 Å². The van der Waals surface area contributed by atoms with Crippen LogP contribution in [0.1, 0.15) is 13.3 Å². The molecular weight excluding hydrogens is 186 g/mol. The maximum absolute atomic E-state index is 11.0. The van der Waals surface area contributed by atoms with Gasteiger partial charge in [0.1, 0.15) is 0 Å². The van der Waals surface area contributed by atoms with E-state index in [-0.39, 0.29) is 0 Å². The second kappa shape index (κ2) is 3.17. The van der Waals surface area contributed by atoms with Gasteiger partial charge in [0.25, 0.3) is 0 Å². The molecule has 2 rings (SSSR count). The molecule has 74 valence electrons. The highest BCUT2D eigenvalue weighted by molar-refractivity contribution is 8.00. The van der Waals surface area contributed by atoms with Gasteiger partial charge in [0.2, 0.25) is 0 Å². The summed E-state index contributed by atoms with van der Waals surface area (Å²) in [7, 11) is 0. The van der Waals surface area contributed by atoms with Crippen molar-refractivity contribution in [2.45, 2.75) is 19.4 Å². The molecule has 0 saturated carbocycles. The lowest BCUT2D eigenvalue weighted by molar-refractivity contribution is -0.147. The van der Waals surface area contributed by atoms with Crippen molar-refractivity contribution in [1.82, 2.24) is 4.90 Å². The number of thioether (sulfide) groups is 1. The first-order valence-corrected chi connectivity index (χ1v) is 5.82. The predicted molar refractivity (Wildman–Crippen MR) is 53.0 cm³/mol. The minimum absolute atomic E-state index is 0.486. The number of rotatable bonds is 2. The first kappa shape index (κ1) is 9.34. The van der Waals surface area contributed by atoms with E-state index in [0.29, 0.717) is 6.04 Å². The van der Waals surface area contributed by atoms with Gasteiger partial charge in [-0.25, -0.2) is 0 Å². The maximum Gasteiger partial charge on any atom is 0.310 e. The van der Waals surface area contributed by atoms with E-state index in [9.17, 15) is 4.79 Å². The number of carbonyl (C=O) groups is 1. The molecule has 2 fully saturated rings. The average molecular weight is 201 g/mol. The Morgan fingerprint density at radius 1 is 1.62 bits per heavy atom. The lowest BCUT2D eigenvalue weighted by atomic mass is 9.90. The highest BCUT2D eigenvalue weighted by Gasteiger charge is 2.43. The van der Waals surface area contributed by atoms with Crippen LogP contribution < -0.4 is 0 Å². The van der Waals surface area contributed by atoms with Crippen LogP contribution in [0.3, 0.4) is 0 Å². The molecule has 0 radical (unpaired) electrons. The van der Waals surface area contributed by atoms with Crippen LogP contribution in [0.2, 0.25) is 0 Å². The second-order valence-electron chi connectivity index (χ2n) is 4.28. The van der Waals surface area contributed by atoms with Gasteiger partial charge in [0.05, 0.1) is 5.41 Å². The molecule has 0 amide bonds. The molecule has 0 spiro atoms. The van der Waals surface area contributed by atoms with E-state index in [1.807, 2.05) is 18.7 Å². The van der Waals surface area contributed by atoms with E-state index >= 15 is 0 Å². The zero-order valence-corrected chi connectivity index (χ0v) is 8.64. The monoisotopic (exact) mass is 201 g/mol. The molecule has 13 heavy (non-hydrogen) atoms. The summed E-state index contributed by atoms with van der Waals surface area (Å²) >= 11 is 1.95. The van der Waals surface area contributed by atoms with E-state index < -0.39 is 11.4 Å². The summed E-state index contributed by atoms with van der Waals surface area (Å²) in [4.78, 5) is 13.3. The van der Waals surface area contributed by atoms with Gasteiger partial charge in [-0.3, -0.25) is 9.69 Å². The third kappa shape index (κ3) is 1.57. The number of carboxylic acid groups (broad SMARTS) is 1. The molecule has 0 aliphatic carbocycles. The molecule has 1 atom stereocenters. The molecule has 1 N–H and O–H groups in total. The van der Waals surface area contributed by atoms with Crippen molar-refractivity contribution in [1.29, 1.82) is 0 Å². The lowest BCUT2D eigenvalue weighted by Gasteiger charge is -2.34. The highest BCUT2D eigenvalue weighted by atomic mass is 32.2. The van der Waals surface area contributed by atoms with Crippen LogP contribution in [0, 0.1) is 5.41 Å². The topological polar surface area (TPSA) is 40.5 Å². The number of carboxylic acids is 1. The largest absolute Gasteiger partial charge is 0.481 e. The molecule has 0 bridgehead atoms. The van der Waals surface area contributed by atoms with E-state index in [1.165, 1.54) is 11.5 Å². The van der Waals surface area contributed by atoms with Crippen molar-refractivity contribution in [3.05, 3.63) is 0 Å². The first-order chi connectivity index (χ1) is 6.12. The van der Waals surface area contributed by atoms with E-state index in [0.717, 1.165) is 19.5 Å². The smallest absolute Gasteiger partial charge is 0.310 e. The fraction of sp³-hybridized carbons (Fsp3) is 0.889. The minimum atomic E-state index is -0.637. The third-order valence-electron chi connectivity index (χ3n) is 3.16. The van der Waals surface area contributed by atoms with Gasteiger partial charge in [-0.05, 0) is 19.9 Å². The van der Waals surface area contributed by atoms with Crippen LogP contribution in [0.25, 0.3) is 0 Å². The van der Waals surface area contributed by atoms with Crippen LogP contribution in [0.15, 0.2) is 0 Å². The fourth-order valence-corrected chi connectivity index (χ4v) is 2.79. The summed E-state index contributed by atoms with van der Waals surface area (Å²) in [5, 5.41) is 9.03. The number of aliphatic carboxylic acids is 1. The molecule has 3 nitrogen and oxygen atoms in total. The summed E-state index contributed by atoms with van der Waals surface area (Å²) in [6, 6.07) is 0.658. The fourth-order valence-electron chi connectivity index (χ4n) is 1.92. The summed E-state index contributed by atoms with van der Waals surface area (Å²) in [6.07, 6.45) is 0.809. The van der Waals surface area contributed by atoms with Crippen molar-refractivity contribution >= 4 is 17.7 Å². The van der Waals surface area contributed by atoms with Gasteiger partial charge >= 0.3 is 5.97 Å². The van der Waals surface area contributed by atoms with E-state index in [4.69, 9.17) is 5.11 Å². The Morgan fingerprint density at radius 2 is 2.31 bits per heavy atom. The second-order valence-corrected chi connectivity index (χ2v) is 5.35. The van der Waals surface area contributed by atoms with Crippen LogP contribution in [0.5, 0.6) is 0 Å². The normalized spacial score (nSPS) is 36.1. The minimum Gasteiger partial charge on any atom is -0.481 e. The Hall–Kier alpha value is -0.220. The number of nitrogens with zero attached hydrogens (tertiary/aromatic N) is 1. The molecule has 2 heterocycles. The van der Waals surface area contributed by atoms with Crippen molar-refractivity contribution in [3.63, 3.8) is 0 Å². The van der Waals surface area contributed by atoms with Crippen molar-refractivity contribution < 1.29 is 9.90 Å². The summed E-state index contributed by atoms with van der Waals surface area (Å²) in [6.45, 7) is 3.57. The van der Waals surface area contributed by atoms with E-state index in [1.54, 1.807) is 0 Å². The van der Waals surface area contributed by atoms with Crippen LogP contribution >= 0.6 is 11.8 Å². The highest BCUT2D eigenvalue weighted by Crippen LogP contribution is 2.35. The Bertz CT molecular complexity index is 230. The Balaban J connectivity index is 1.96. The molecule has 0 aromatic carbocycles. The number of likely N-dealkylation sites (tertiary alicyclic amines) is 1. The zero-order chi connectivity index (χ0) is 9.47. The van der Waals surface area contributed by atoms with Gasteiger partial charge in [0.15, 0.2) is 0 Å². The summed E-state index contributed by atoms with van der Waals surface area (Å²) < 4.78 is 0. The standard InChI is InChI=1S/C9H15NO2S/c1-9(8(11)12)2-3-10(6-9)7-4-13-5-7/h7H,2-6H2,1H3,(H,11,12). The van der Waals surface area contributed by atoms with Crippen LogP contribution in [-0.2, 0) is 4.79 Å². The van der Waals surface area contributed by atoms with Crippen LogP contribution in [-0.4, -0.2) is 46.6 Å². The van der Waals surface area contributed by atoms with E-state index in [2.05, 4.69) is 4.90 Å². The zero-order valence-electron chi connectivity index (χ0n) is 7.82. The molecular formula is C9H15NO2S. The molecule has 0 aromatic heterocycles.